The third kappa shape index (κ3) is 4.55. The first kappa shape index (κ1) is 18.6. The van der Waals surface area contributed by atoms with Crippen molar-refractivity contribution in [1.29, 1.82) is 0 Å². The van der Waals surface area contributed by atoms with Crippen molar-refractivity contribution in [3.63, 3.8) is 0 Å². The summed E-state index contributed by atoms with van der Waals surface area (Å²) in [7, 11) is 0. The zero-order valence-corrected chi connectivity index (χ0v) is 15.9. The summed E-state index contributed by atoms with van der Waals surface area (Å²) in [6.45, 7) is 3.21. The Bertz CT molecular complexity index is 906. The van der Waals surface area contributed by atoms with E-state index in [0.717, 1.165) is 18.7 Å². The molecule has 0 spiro atoms. The monoisotopic (exact) mass is 402 g/mol. The minimum Gasteiger partial charge on any atom is -0.484 e. The van der Waals surface area contributed by atoms with Crippen molar-refractivity contribution in [2.75, 3.05) is 32.8 Å². The van der Waals surface area contributed by atoms with Crippen molar-refractivity contribution in [2.45, 2.75) is 6.54 Å². The van der Waals surface area contributed by atoms with Crippen LogP contribution < -0.4 is 4.74 Å². The maximum atomic E-state index is 12.9. The zero-order valence-electron chi connectivity index (χ0n) is 15.1. The Morgan fingerprint density at radius 3 is 2.68 bits per heavy atom. The van der Waals surface area contributed by atoms with Gasteiger partial charge in [-0.2, -0.15) is 16.3 Å². The van der Waals surface area contributed by atoms with Gasteiger partial charge >= 0.3 is 0 Å². The summed E-state index contributed by atoms with van der Waals surface area (Å²) in [5.74, 6) is 1.23. The maximum Gasteiger partial charge on any atom is 0.260 e. The lowest BCUT2D eigenvalue weighted by molar-refractivity contribution is -0.135. The summed E-state index contributed by atoms with van der Waals surface area (Å²) in [6.07, 6.45) is 0. The molecule has 3 aromatic rings. The number of halogens is 1. The summed E-state index contributed by atoms with van der Waals surface area (Å²) >= 11 is 1.58. The number of rotatable bonds is 6. The molecule has 0 radical (unpaired) electrons. The summed E-state index contributed by atoms with van der Waals surface area (Å²) in [6, 6.07) is 7.58. The van der Waals surface area contributed by atoms with Crippen LogP contribution in [0.25, 0.3) is 11.5 Å². The van der Waals surface area contributed by atoms with Gasteiger partial charge in [-0.25, -0.2) is 4.39 Å². The van der Waals surface area contributed by atoms with Crippen molar-refractivity contribution >= 4 is 17.2 Å². The standard InChI is InChI=1S/C19H19FN4O3S/c20-15-1-3-16(4-2-15)26-12-18(25)24-8-6-23(7-9-24)11-17-21-19(27-22-17)14-5-10-28-13-14/h1-5,10,13H,6-9,11-12H2. The third-order valence-electron chi connectivity index (χ3n) is 4.50. The average molecular weight is 402 g/mol. The van der Waals surface area contributed by atoms with E-state index in [2.05, 4.69) is 15.0 Å². The van der Waals surface area contributed by atoms with Crippen LogP contribution in [0.4, 0.5) is 4.39 Å². The second kappa shape index (κ2) is 8.49. The van der Waals surface area contributed by atoms with E-state index in [-0.39, 0.29) is 18.3 Å². The molecule has 0 saturated carbocycles. The highest BCUT2D eigenvalue weighted by atomic mass is 32.1. The van der Waals surface area contributed by atoms with Crippen molar-refractivity contribution in [3.05, 3.63) is 52.7 Å². The van der Waals surface area contributed by atoms with Crippen LogP contribution in [0.1, 0.15) is 5.82 Å². The molecule has 1 saturated heterocycles. The topological polar surface area (TPSA) is 71.7 Å². The van der Waals surface area contributed by atoms with E-state index < -0.39 is 0 Å². The summed E-state index contributed by atoms with van der Waals surface area (Å²) in [5, 5.41) is 7.97. The highest BCUT2D eigenvalue weighted by Gasteiger charge is 2.22. The second-order valence-corrected chi connectivity index (χ2v) is 7.21. The van der Waals surface area contributed by atoms with Gasteiger partial charge in [-0.05, 0) is 35.7 Å². The van der Waals surface area contributed by atoms with E-state index in [4.69, 9.17) is 9.26 Å². The molecule has 146 valence electrons. The van der Waals surface area contributed by atoms with Crippen molar-refractivity contribution < 1.29 is 18.4 Å². The molecule has 4 rings (SSSR count). The van der Waals surface area contributed by atoms with E-state index in [1.807, 2.05) is 16.8 Å². The third-order valence-corrected chi connectivity index (χ3v) is 5.19. The molecule has 0 unspecified atom stereocenters. The smallest absolute Gasteiger partial charge is 0.260 e. The minimum absolute atomic E-state index is 0.0551. The SMILES string of the molecule is O=C(COc1ccc(F)cc1)N1CCN(Cc2noc(-c3ccsc3)n2)CC1. The molecule has 7 nitrogen and oxygen atoms in total. The predicted molar refractivity (Wildman–Crippen MR) is 101 cm³/mol. The van der Waals surface area contributed by atoms with Crippen LogP contribution in [0.2, 0.25) is 0 Å². The van der Waals surface area contributed by atoms with Gasteiger partial charge in [0.15, 0.2) is 12.4 Å². The lowest BCUT2D eigenvalue weighted by atomic mass is 10.3. The molecule has 1 aromatic carbocycles. The highest BCUT2D eigenvalue weighted by molar-refractivity contribution is 7.08. The number of carbonyl (C=O) groups excluding carboxylic acids is 1. The Balaban J connectivity index is 1.23. The molecule has 1 aliphatic rings. The van der Waals surface area contributed by atoms with Crippen molar-refractivity contribution in [2.24, 2.45) is 0 Å². The largest absolute Gasteiger partial charge is 0.484 e. The Morgan fingerprint density at radius 1 is 1.18 bits per heavy atom. The molecule has 9 heteroatoms. The first-order valence-electron chi connectivity index (χ1n) is 8.91. The lowest BCUT2D eigenvalue weighted by Crippen LogP contribution is -2.49. The van der Waals surface area contributed by atoms with E-state index in [0.29, 0.717) is 37.1 Å². The van der Waals surface area contributed by atoms with Crippen LogP contribution in [-0.4, -0.2) is 58.6 Å². The Hall–Kier alpha value is -2.78. The number of amides is 1. The molecule has 1 fully saturated rings. The molecular weight excluding hydrogens is 383 g/mol. The Kier molecular flexibility index (Phi) is 5.63. The molecule has 0 atom stereocenters. The van der Waals surface area contributed by atoms with Gasteiger partial charge in [0.2, 0.25) is 0 Å². The molecule has 0 aliphatic carbocycles. The Morgan fingerprint density at radius 2 is 1.96 bits per heavy atom. The predicted octanol–water partition coefficient (Wildman–Crippen LogP) is 2.66. The van der Waals surface area contributed by atoms with Gasteiger partial charge in [0.05, 0.1) is 12.1 Å². The number of piperazine rings is 1. The number of nitrogens with zero attached hydrogens (tertiary/aromatic N) is 4. The quantitative estimate of drug-likeness (QED) is 0.631. The van der Waals surface area contributed by atoms with Crippen molar-refractivity contribution in [1.82, 2.24) is 19.9 Å². The van der Waals surface area contributed by atoms with Crippen LogP contribution in [0, 0.1) is 5.82 Å². The number of hydrogen-bond donors (Lipinski definition) is 0. The molecule has 2 aromatic heterocycles. The number of thiophene rings is 1. The summed E-state index contributed by atoms with van der Waals surface area (Å²) in [4.78, 5) is 20.7. The molecule has 1 amide bonds. The first-order chi connectivity index (χ1) is 13.7. The summed E-state index contributed by atoms with van der Waals surface area (Å²) in [5.41, 5.74) is 0.931. The molecular formula is C19H19FN4O3S. The summed E-state index contributed by atoms with van der Waals surface area (Å²) < 4.78 is 23.6. The van der Waals surface area contributed by atoms with Gasteiger partial charge in [-0.15, -0.1) is 0 Å². The van der Waals surface area contributed by atoms with E-state index in [1.54, 1.807) is 16.2 Å². The zero-order chi connectivity index (χ0) is 19.3. The highest BCUT2D eigenvalue weighted by Crippen LogP contribution is 2.20. The first-order valence-corrected chi connectivity index (χ1v) is 9.85. The number of aromatic nitrogens is 2. The van der Waals surface area contributed by atoms with Crippen LogP contribution >= 0.6 is 11.3 Å². The van der Waals surface area contributed by atoms with E-state index in [1.165, 1.54) is 24.3 Å². The second-order valence-electron chi connectivity index (χ2n) is 6.43. The molecule has 3 heterocycles. The fraction of sp³-hybridized carbons (Fsp3) is 0.316. The molecule has 28 heavy (non-hydrogen) atoms. The molecule has 0 N–H and O–H groups in total. The number of hydrogen-bond acceptors (Lipinski definition) is 7. The van der Waals surface area contributed by atoms with Crippen LogP contribution in [0.3, 0.4) is 0 Å². The van der Waals surface area contributed by atoms with Crippen molar-refractivity contribution in [3.8, 4) is 17.2 Å². The van der Waals surface area contributed by atoms with Crippen LogP contribution in [0.5, 0.6) is 5.75 Å². The number of ether oxygens (including phenoxy) is 1. The Labute approximate surface area is 165 Å². The van der Waals surface area contributed by atoms with E-state index in [9.17, 15) is 9.18 Å². The van der Waals surface area contributed by atoms with Gasteiger partial charge in [-0.3, -0.25) is 9.69 Å². The minimum atomic E-state index is -0.334. The van der Waals surface area contributed by atoms with Gasteiger partial charge in [0.25, 0.3) is 11.8 Å². The molecule has 1 aliphatic heterocycles. The van der Waals surface area contributed by atoms with Gasteiger partial charge in [0, 0.05) is 31.6 Å². The number of carbonyl (C=O) groups is 1. The van der Waals surface area contributed by atoms with Crippen LogP contribution in [-0.2, 0) is 11.3 Å². The lowest BCUT2D eigenvalue weighted by Gasteiger charge is -2.33. The van der Waals surface area contributed by atoms with Gasteiger partial charge < -0.3 is 14.2 Å². The van der Waals surface area contributed by atoms with Crippen LogP contribution in [0.15, 0.2) is 45.6 Å². The van der Waals surface area contributed by atoms with E-state index >= 15 is 0 Å². The number of benzene rings is 1. The fourth-order valence-electron chi connectivity index (χ4n) is 2.94. The normalized spacial score (nSPS) is 15.0. The van der Waals surface area contributed by atoms with Gasteiger partial charge in [0.1, 0.15) is 11.6 Å². The van der Waals surface area contributed by atoms with Gasteiger partial charge in [-0.1, -0.05) is 5.16 Å². The fourth-order valence-corrected chi connectivity index (χ4v) is 3.57. The maximum absolute atomic E-state index is 12.9. The average Bonchev–Trinajstić information content (AvgIpc) is 3.40. The molecule has 0 bridgehead atoms.